The summed E-state index contributed by atoms with van der Waals surface area (Å²) in [4.78, 5) is 13.5. The fourth-order valence-electron chi connectivity index (χ4n) is 1.32. The van der Waals surface area contributed by atoms with Gasteiger partial charge in [-0.2, -0.15) is 16.6 Å². The number of rotatable bonds is 5. The maximum Gasteiger partial charge on any atom is 0.227 e. The van der Waals surface area contributed by atoms with Crippen LogP contribution in [0.4, 0.5) is 0 Å². The van der Waals surface area contributed by atoms with Gasteiger partial charge in [0.15, 0.2) is 0 Å². The van der Waals surface area contributed by atoms with Crippen LogP contribution in [0.5, 0.6) is 0 Å². The number of amides is 1. The third kappa shape index (κ3) is 3.72. The van der Waals surface area contributed by atoms with Crippen LogP contribution in [0, 0.1) is 11.3 Å². The topological polar surface area (TPSA) is 44.1 Å². The Hall–Kier alpha value is -1.34. The lowest BCUT2D eigenvalue weighted by Crippen LogP contribution is -2.32. The van der Waals surface area contributed by atoms with Crippen LogP contribution in [0.3, 0.4) is 0 Å². The summed E-state index contributed by atoms with van der Waals surface area (Å²) in [6.45, 7) is 3.14. The molecule has 0 radical (unpaired) electrons. The van der Waals surface area contributed by atoms with Crippen molar-refractivity contribution in [2.45, 2.75) is 19.8 Å². The van der Waals surface area contributed by atoms with E-state index in [1.165, 1.54) is 0 Å². The van der Waals surface area contributed by atoms with Crippen molar-refractivity contribution >= 4 is 17.2 Å². The van der Waals surface area contributed by atoms with Crippen LogP contribution in [-0.2, 0) is 11.2 Å². The average molecular weight is 222 g/mol. The molecule has 0 spiro atoms. The quantitative estimate of drug-likeness (QED) is 0.765. The van der Waals surface area contributed by atoms with Crippen LogP contribution in [-0.4, -0.2) is 23.9 Å². The summed E-state index contributed by atoms with van der Waals surface area (Å²) in [5, 5.41) is 12.4. The first-order valence-electron chi connectivity index (χ1n) is 4.93. The van der Waals surface area contributed by atoms with E-state index in [1.807, 2.05) is 23.8 Å². The van der Waals surface area contributed by atoms with Gasteiger partial charge in [0.25, 0.3) is 0 Å². The van der Waals surface area contributed by atoms with Crippen LogP contribution in [0.2, 0.25) is 0 Å². The van der Waals surface area contributed by atoms with Crippen molar-refractivity contribution in [2.24, 2.45) is 0 Å². The molecular weight excluding hydrogens is 208 g/mol. The second-order valence-corrected chi connectivity index (χ2v) is 3.97. The number of carbonyl (C=O) groups excluding carboxylic acids is 1. The summed E-state index contributed by atoms with van der Waals surface area (Å²) >= 11 is 1.60. The lowest BCUT2D eigenvalue weighted by molar-refractivity contribution is -0.130. The third-order valence-electron chi connectivity index (χ3n) is 2.16. The molecule has 0 aliphatic heterocycles. The van der Waals surface area contributed by atoms with Crippen molar-refractivity contribution in [1.29, 1.82) is 5.26 Å². The first-order valence-corrected chi connectivity index (χ1v) is 5.88. The normalized spacial score (nSPS) is 9.60. The molecule has 4 heteroatoms. The first-order chi connectivity index (χ1) is 7.27. The minimum atomic E-state index is 0.103. The summed E-state index contributed by atoms with van der Waals surface area (Å²) in [7, 11) is 0. The van der Waals surface area contributed by atoms with Gasteiger partial charge in [-0.25, -0.2) is 0 Å². The molecule has 1 aromatic heterocycles. The Morgan fingerprint density at radius 3 is 3.00 bits per heavy atom. The van der Waals surface area contributed by atoms with Crippen molar-refractivity contribution < 1.29 is 4.79 Å². The Labute approximate surface area is 93.9 Å². The van der Waals surface area contributed by atoms with Gasteiger partial charge in [-0.05, 0) is 29.3 Å². The molecule has 1 heterocycles. The van der Waals surface area contributed by atoms with E-state index in [0.717, 1.165) is 5.56 Å². The molecule has 0 aliphatic rings. The lowest BCUT2D eigenvalue weighted by Gasteiger charge is -2.18. The third-order valence-corrected chi connectivity index (χ3v) is 2.90. The highest BCUT2D eigenvalue weighted by Crippen LogP contribution is 2.08. The molecule has 1 amide bonds. The Morgan fingerprint density at radius 2 is 2.47 bits per heavy atom. The lowest BCUT2D eigenvalue weighted by atomic mass is 10.2. The number of nitriles is 1. The molecule has 3 nitrogen and oxygen atoms in total. The summed E-state index contributed by atoms with van der Waals surface area (Å²) in [5.41, 5.74) is 1.06. The highest BCUT2D eigenvalue weighted by atomic mass is 32.1. The minimum Gasteiger partial charge on any atom is -0.342 e. The predicted molar refractivity (Wildman–Crippen MR) is 60.5 cm³/mol. The minimum absolute atomic E-state index is 0.103. The Bertz CT molecular complexity index is 340. The molecule has 0 unspecified atom stereocenters. The molecule has 0 N–H and O–H groups in total. The Balaban J connectivity index is 2.47. The molecule has 1 aromatic rings. The van der Waals surface area contributed by atoms with E-state index in [-0.39, 0.29) is 5.91 Å². The number of hydrogen-bond donors (Lipinski definition) is 0. The molecule has 0 aliphatic carbocycles. The molecule has 0 saturated carbocycles. The number of carbonyl (C=O) groups is 1. The molecule has 0 fully saturated rings. The van der Waals surface area contributed by atoms with Gasteiger partial charge in [0.1, 0.15) is 0 Å². The highest BCUT2D eigenvalue weighted by molar-refractivity contribution is 7.07. The molecule has 0 aromatic carbocycles. The molecule has 0 bridgehead atoms. The largest absolute Gasteiger partial charge is 0.342 e. The molecular formula is C11H14N2OS. The number of likely N-dealkylation sites (N-methyl/N-ethyl adjacent to an activating group) is 1. The second kappa shape index (κ2) is 6.20. The van der Waals surface area contributed by atoms with Crippen LogP contribution in [0.1, 0.15) is 18.9 Å². The van der Waals surface area contributed by atoms with Gasteiger partial charge in [-0.1, -0.05) is 0 Å². The molecule has 0 atom stereocenters. The van der Waals surface area contributed by atoms with Crippen molar-refractivity contribution in [3.63, 3.8) is 0 Å². The number of thiophene rings is 1. The Kier molecular flexibility index (Phi) is 4.85. The smallest absolute Gasteiger partial charge is 0.227 e. The monoisotopic (exact) mass is 222 g/mol. The second-order valence-electron chi connectivity index (χ2n) is 3.19. The molecule has 1 rings (SSSR count). The maximum absolute atomic E-state index is 11.8. The van der Waals surface area contributed by atoms with Crippen molar-refractivity contribution in [2.75, 3.05) is 13.1 Å². The van der Waals surface area contributed by atoms with Crippen LogP contribution in [0.15, 0.2) is 16.8 Å². The zero-order valence-corrected chi connectivity index (χ0v) is 9.59. The van der Waals surface area contributed by atoms with E-state index >= 15 is 0 Å². The van der Waals surface area contributed by atoms with Gasteiger partial charge < -0.3 is 4.90 Å². The van der Waals surface area contributed by atoms with E-state index in [9.17, 15) is 4.79 Å². The van der Waals surface area contributed by atoms with Crippen LogP contribution >= 0.6 is 11.3 Å². The zero-order valence-electron chi connectivity index (χ0n) is 8.77. The van der Waals surface area contributed by atoms with Gasteiger partial charge in [0.05, 0.1) is 18.9 Å². The number of nitrogens with zero attached hydrogens (tertiary/aromatic N) is 2. The van der Waals surface area contributed by atoms with Crippen molar-refractivity contribution in [1.82, 2.24) is 4.90 Å². The molecule has 15 heavy (non-hydrogen) atoms. The van der Waals surface area contributed by atoms with Gasteiger partial charge >= 0.3 is 0 Å². The summed E-state index contributed by atoms with van der Waals surface area (Å²) < 4.78 is 0. The summed E-state index contributed by atoms with van der Waals surface area (Å²) in [5.74, 6) is 0.103. The van der Waals surface area contributed by atoms with Crippen molar-refractivity contribution in [3.05, 3.63) is 22.4 Å². The predicted octanol–water partition coefficient (Wildman–Crippen LogP) is 2.05. The number of hydrogen-bond acceptors (Lipinski definition) is 3. The maximum atomic E-state index is 11.8. The first kappa shape index (κ1) is 11.7. The van der Waals surface area contributed by atoms with E-state index in [1.54, 1.807) is 16.2 Å². The molecule has 80 valence electrons. The Morgan fingerprint density at radius 1 is 1.67 bits per heavy atom. The van der Waals surface area contributed by atoms with Gasteiger partial charge in [-0.3, -0.25) is 4.79 Å². The van der Waals surface area contributed by atoms with Crippen molar-refractivity contribution in [3.8, 4) is 6.07 Å². The van der Waals surface area contributed by atoms with E-state index < -0.39 is 0 Å². The van der Waals surface area contributed by atoms with Gasteiger partial charge in [0.2, 0.25) is 5.91 Å². The molecule has 0 saturated heterocycles. The van der Waals surface area contributed by atoms with E-state index in [0.29, 0.717) is 25.9 Å². The van der Waals surface area contributed by atoms with Gasteiger partial charge in [-0.15, -0.1) is 0 Å². The zero-order chi connectivity index (χ0) is 11.1. The summed E-state index contributed by atoms with van der Waals surface area (Å²) in [6, 6.07) is 4.01. The average Bonchev–Trinajstić information content (AvgIpc) is 2.71. The van der Waals surface area contributed by atoms with E-state index in [4.69, 9.17) is 5.26 Å². The summed E-state index contributed by atoms with van der Waals surface area (Å²) in [6.07, 6.45) is 0.853. The van der Waals surface area contributed by atoms with Gasteiger partial charge in [0, 0.05) is 13.1 Å². The highest BCUT2D eigenvalue weighted by Gasteiger charge is 2.11. The fourth-order valence-corrected chi connectivity index (χ4v) is 1.99. The van der Waals surface area contributed by atoms with Crippen LogP contribution < -0.4 is 0 Å². The fraction of sp³-hybridized carbons (Fsp3) is 0.455. The van der Waals surface area contributed by atoms with Crippen LogP contribution in [0.25, 0.3) is 0 Å². The van der Waals surface area contributed by atoms with E-state index in [2.05, 4.69) is 6.07 Å². The standard InChI is InChI=1S/C11H14N2OS/c1-2-13(6-3-5-12)11(14)8-10-4-7-15-9-10/h4,7,9H,2-3,6,8H2,1H3. The SMILES string of the molecule is CCN(CCC#N)C(=O)Cc1ccsc1.